The third-order valence-electron chi connectivity index (χ3n) is 5.77. The fourth-order valence-corrected chi connectivity index (χ4v) is 4.20. The van der Waals surface area contributed by atoms with Crippen molar-refractivity contribution in [3.63, 3.8) is 0 Å². The normalized spacial score (nSPS) is 23.7. The number of phenolic OH excluding ortho intramolecular Hbond substituents is 1. The highest BCUT2D eigenvalue weighted by Crippen LogP contribution is 2.34. The molecule has 0 aliphatic carbocycles. The molecule has 0 radical (unpaired) electrons. The summed E-state index contributed by atoms with van der Waals surface area (Å²) in [6.45, 7) is 8.39. The number of hydrogen-bond donors (Lipinski definition) is 1. The van der Waals surface area contributed by atoms with Gasteiger partial charge in [0.1, 0.15) is 5.75 Å². The van der Waals surface area contributed by atoms with Crippen molar-refractivity contribution in [1.82, 2.24) is 15.1 Å². The molecule has 6 heteroatoms. The SMILES string of the molecule is Cc1cc(C)c(-c2ccc(N3CC[C@@]4(COCCN4C)C3)nn2)c(O)c1. The summed E-state index contributed by atoms with van der Waals surface area (Å²) >= 11 is 0. The van der Waals surface area contributed by atoms with Gasteiger partial charge in [-0.25, -0.2) is 0 Å². The van der Waals surface area contributed by atoms with E-state index < -0.39 is 0 Å². The maximum Gasteiger partial charge on any atom is 0.151 e. The summed E-state index contributed by atoms with van der Waals surface area (Å²) in [5.41, 5.74) is 3.59. The first-order valence-electron chi connectivity index (χ1n) is 9.17. The maximum atomic E-state index is 10.3. The summed E-state index contributed by atoms with van der Waals surface area (Å²) in [7, 11) is 2.18. The van der Waals surface area contributed by atoms with Crippen molar-refractivity contribution in [3.8, 4) is 17.0 Å². The average molecular weight is 354 g/mol. The fourth-order valence-electron chi connectivity index (χ4n) is 4.20. The van der Waals surface area contributed by atoms with Crippen LogP contribution in [0.4, 0.5) is 5.82 Å². The third kappa shape index (κ3) is 2.93. The van der Waals surface area contributed by atoms with E-state index in [0.717, 1.165) is 61.8 Å². The number of ether oxygens (including phenoxy) is 1. The molecule has 6 nitrogen and oxygen atoms in total. The van der Waals surface area contributed by atoms with Crippen molar-refractivity contribution in [2.75, 3.05) is 44.8 Å². The van der Waals surface area contributed by atoms with Crippen LogP contribution in [-0.4, -0.2) is 65.6 Å². The summed E-state index contributed by atoms with van der Waals surface area (Å²) in [5.74, 6) is 1.14. The number of aromatic hydroxyl groups is 1. The number of nitrogens with zero attached hydrogens (tertiary/aromatic N) is 4. The van der Waals surface area contributed by atoms with Crippen LogP contribution in [-0.2, 0) is 4.74 Å². The highest BCUT2D eigenvalue weighted by Gasteiger charge is 2.43. The first-order chi connectivity index (χ1) is 12.5. The molecule has 2 aliphatic heterocycles. The molecule has 1 spiro atoms. The molecule has 4 rings (SSSR count). The van der Waals surface area contributed by atoms with Gasteiger partial charge in [0, 0.05) is 25.2 Å². The number of benzene rings is 1. The van der Waals surface area contributed by atoms with Gasteiger partial charge in [0.25, 0.3) is 0 Å². The summed E-state index contributed by atoms with van der Waals surface area (Å²) < 4.78 is 5.74. The predicted molar refractivity (Wildman–Crippen MR) is 102 cm³/mol. The number of morpholine rings is 1. The average Bonchev–Trinajstić information content (AvgIpc) is 3.03. The second-order valence-electron chi connectivity index (χ2n) is 7.62. The molecule has 0 unspecified atom stereocenters. The summed E-state index contributed by atoms with van der Waals surface area (Å²) in [4.78, 5) is 4.70. The molecule has 0 bridgehead atoms. The molecule has 1 aromatic heterocycles. The molecular formula is C20H26N4O2. The predicted octanol–water partition coefficient (Wildman–Crippen LogP) is 2.38. The van der Waals surface area contributed by atoms with Crippen LogP contribution in [0.2, 0.25) is 0 Å². The molecule has 138 valence electrons. The van der Waals surface area contributed by atoms with Crippen LogP contribution in [0.1, 0.15) is 17.5 Å². The van der Waals surface area contributed by atoms with Crippen molar-refractivity contribution >= 4 is 5.82 Å². The van der Waals surface area contributed by atoms with Crippen LogP contribution < -0.4 is 4.90 Å². The fraction of sp³-hybridized carbons (Fsp3) is 0.500. The smallest absolute Gasteiger partial charge is 0.151 e. The van der Waals surface area contributed by atoms with Gasteiger partial charge < -0.3 is 14.7 Å². The van der Waals surface area contributed by atoms with Gasteiger partial charge in [-0.15, -0.1) is 10.2 Å². The first-order valence-corrected chi connectivity index (χ1v) is 9.17. The lowest BCUT2D eigenvalue weighted by atomic mass is 9.96. The van der Waals surface area contributed by atoms with Gasteiger partial charge in [-0.2, -0.15) is 0 Å². The summed E-state index contributed by atoms with van der Waals surface area (Å²) in [6.07, 6.45) is 1.07. The van der Waals surface area contributed by atoms with Crippen molar-refractivity contribution < 1.29 is 9.84 Å². The lowest BCUT2D eigenvalue weighted by Crippen LogP contribution is -2.56. The molecular weight excluding hydrogens is 328 g/mol. The number of aromatic nitrogens is 2. The minimum Gasteiger partial charge on any atom is -0.507 e. The number of hydrogen-bond acceptors (Lipinski definition) is 6. The third-order valence-corrected chi connectivity index (χ3v) is 5.77. The zero-order valence-electron chi connectivity index (χ0n) is 15.7. The Labute approximate surface area is 154 Å². The molecule has 0 amide bonds. The molecule has 0 saturated carbocycles. The zero-order valence-corrected chi connectivity index (χ0v) is 15.7. The Kier molecular flexibility index (Phi) is 4.32. The van der Waals surface area contributed by atoms with Crippen LogP contribution in [0.5, 0.6) is 5.75 Å². The largest absolute Gasteiger partial charge is 0.507 e. The minimum absolute atomic E-state index is 0.0877. The standard InChI is InChI=1S/C20H26N4O2/c1-14-10-15(2)19(17(25)11-14)16-4-5-18(22-21-16)24-7-6-20(12-24)13-26-9-8-23(20)3/h4-5,10-11,25H,6-9,12-13H2,1-3H3/t20-/m0/s1. The molecule has 2 aromatic rings. The van der Waals surface area contributed by atoms with Gasteiger partial charge in [-0.05, 0) is 56.6 Å². The number of rotatable bonds is 2. The van der Waals surface area contributed by atoms with Crippen LogP contribution in [0.15, 0.2) is 24.3 Å². The Morgan fingerprint density at radius 1 is 1.15 bits per heavy atom. The number of likely N-dealkylation sites (N-methyl/N-ethyl adjacent to an activating group) is 1. The molecule has 1 aromatic carbocycles. The maximum absolute atomic E-state index is 10.3. The van der Waals surface area contributed by atoms with Crippen molar-refractivity contribution in [3.05, 3.63) is 35.4 Å². The molecule has 2 aliphatic rings. The molecule has 2 saturated heterocycles. The molecule has 26 heavy (non-hydrogen) atoms. The topological polar surface area (TPSA) is 61.7 Å². The van der Waals surface area contributed by atoms with Gasteiger partial charge >= 0.3 is 0 Å². The Bertz CT molecular complexity index is 785. The number of phenols is 1. The van der Waals surface area contributed by atoms with E-state index in [2.05, 4.69) is 27.0 Å². The van der Waals surface area contributed by atoms with Gasteiger partial charge in [0.05, 0.1) is 24.4 Å². The number of anilines is 1. The van der Waals surface area contributed by atoms with E-state index in [1.165, 1.54) is 0 Å². The van der Waals surface area contributed by atoms with Gasteiger partial charge in [0.15, 0.2) is 5.82 Å². The Hall–Kier alpha value is -2.18. The molecule has 2 fully saturated rings. The zero-order chi connectivity index (χ0) is 18.3. The van der Waals surface area contributed by atoms with E-state index in [1.807, 2.05) is 32.0 Å². The van der Waals surface area contributed by atoms with Crippen LogP contribution >= 0.6 is 0 Å². The van der Waals surface area contributed by atoms with Crippen LogP contribution in [0, 0.1) is 13.8 Å². The van der Waals surface area contributed by atoms with Crippen molar-refractivity contribution in [2.45, 2.75) is 25.8 Å². The van der Waals surface area contributed by atoms with Crippen molar-refractivity contribution in [1.29, 1.82) is 0 Å². The Morgan fingerprint density at radius 2 is 2.00 bits per heavy atom. The molecule has 3 heterocycles. The Morgan fingerprint density at radius 3 is 2.69 bits per heavy atom. The monoisotopic (exact) mass is 354 g/mol. The van der Waals surface area contributed by atoms with E-state index in [4.69, 9.17) is 4.74 Å². The van der Waals surface area contributed by atoms with Gasteiger partial charge in [-0.3, -0.25) is 4.90 Å². The van der Waals surface area contributed by atoms with Crippen LogP contribution in [0.3, 0.4) is 0 Å². The molecule has 1 atom stereocenters. The second kappa shape index (κ2) is 6.52. The Balaban J connectivity index is 1.56. The summed E-state index contributed by atoms with van der Waals surface area (Å²) in [5, 5.41) is 19.2. The van der Waals surface area contributed by atoms with E-state index >= 15 is 0 Å². The van der Waals surface area contributed by atoms with Gasteiger partial charge in [0.2, 0.25) is 0 Å². The lowest BCUT2D eigenvalue weighted by Gasteiger charge is -2.42. The van der Waals surface area contributed by atoms with E-state index in [9.17, 15) is 5.11 Å². The van der Waals surface area contributed by atoms with E-state index in [0.29, 0.717) is 5.69 Å². The van der Waals surface area contributed by atoms with Gasteiger partial charge in [-0.1, -0.05) is 6.07 Å². The lowest BCUT2D eigenvalue weighted by molar-refractivity contribution is -0.0448. The number of aryl methyl sites for hydroxylation is 2. The minimum atomic E-state index is 0.0877. The van der Waals surface area contributed by atoms with Crippen molar-refractivity contribution in [2.24, 2.45) is 0 Å². The van der Waals surface area contributed by atoms with E-state index in [-0.39, 0.29) is 11.3 Å². The first kappa shape index (κ1) is 17.2. The second-order valence-corrected chi connectivity index (χ2v) is 7.62. The van der Waals surface area contributed by atoms with E-state index in [1.54, 1.807) is 6.07 Å². The molecule has 1 N–H and O–H groups in total. The quantitative estimate of drug-likeness (QED) is 0.893. The summed E-state index contributed by atoms with van der Waals surface area (Å²) in [6, 6.07) is 7.77. The highest BCUT2D eigenvalue weighted by atomic mass is 16.5. The highest BCUT2D eigenvalue weighted by molar-refractivity contribution is 5.71. The van der Waals surface area contributed by atoms with Crippen LogP contribution in [0.25, 0.3) is 11.3 Å².